The van der Waals surface area contributed by atoms with Crippen molar-refractivity contribution in [2.24, 2.45) is 0 Å². The Morgan fingerprint density at radius 1 is 0.931 bits per heavy atom. The molecule has 146 valence electrons. The van der Waals surface area contributed by atoms with Gasteiger partial charge in [0.15, 0.2) is 6.73 Å². The molecule has 0 saturated heterocycles. The highest BCUT2D eigenvalue weighted by molar-refractivity contribution is 5.86. The Kier molecular flexibility index (Phi) is 4.28. The SMILES string of the molecule is COc1ccc(N2COc3cc4c(cc3C2)C=C(c2ccc(O)cc2)CO4)cc1. The molecule has 0 atom stereocenters. The van der Waals surface area contributed by atoms with Crippen LogP contribution >= 0.6 is 0 Å². The predicted octanol–water partition coefficient (Wildman–Crippen LogP) is 4.69. The summed E-state index contributed by atoms with van der Waals surface area (Å²) in [6.45, 7) is 1.75. The van der Waals surface area contributed by atoms with Crippen LogP contribution in [-0.2, 0) is 6.54 Å². The van der Waals surface area contributed by atoms with Crippen molar-refractivity contribution < 1.29 is 19.3 Å². The molecular formula is C24H21NO4. The number of methoxy groups -OCH3 is 1. The molecule has 0 spiro atoms. The van der Waals surface area contributed by atoms with Crippen molar-refractivity contribution in [3.63, 3.8) is 0 Å². The zero-order valence-electron chi connectivity index (χ0n) is 16.1. The van der Waals surface area contributed by atoms with E-state index in [-0.39, 0.29) is 5.75 Å². The molecule has 0 aromatic heterocycles. The van der Waals surface area contributed by atoms with Crippen LogP contribution in [0.15, 0.2) is 60.7 Å². The first-order valence-electron chi connectivity index (χ1n) is 9.51. The van der Waals surface area contributed by atoms with E-state index in [2.05, 4.69) is 17.0 Å². The van der Waals surface area contributed by atoms with E-state index in [9.17, 15) is 5.11 Å². The van der Waals surface area contributed by atoms with Crippen molar-refractivity contribution >= 4 is 17.3 Å². The molecule has 5 nitrogen and oxygen atoms in total. The fraction of sp³-hybridized carbons (Fsp3) is 0.167. The molecule has 0 unspecified atom stereocenters. The number of fused-ring (bicyclic) bond motifs is 2. The first-order valence-corrected chi connectivity index (χ1v) is 9.51. The summed E-state index contributed by atoms with van der Waals surface area (Å²) >= 11 is 0. The molecule has 3 aromatic rings. The number of ether oxygens (including phenoxy) is 3. The van der Waals surface area contributed by atoms with Crippen molar-refractivity contribution in [2.45, 2.75) is 6.54 Å². The number of hydrogen-bond acceptors (Lipinski definition) is 5. The van der Waals surface area contributed by atoms with Crippen molar-refractivity contribution in [1.82, 2.24) is 0 Å². The highest BCUT2D eigenvalue weighted by Crippen LogP contribution is 2.38. The molecule has 0 bridgehead atoms. The predicted molar refractivity (Wildman–Crippen MR) is 113 cm³/mol. The Hall–Kier alpha value is -3.60. The molecule has 0 fully saturated rings. The average molecular weight is 387 g/mol. The van der Waals surface area contributed by atoms with E-state index >= 15 is 0 Å². The van der Waals surface area contributed by atoms with Crippen LogP contribution in [0, 0.1) is 0 Å². The third-order valence-electron chi connectivity index (χ3n) is 5.32. The zero-order chi connectivity index (χ0) is 19.8. The van der Waals surface area contributed by atoms with Gasteiger partial charge in [-0.3, -0.25) is 0 Å². The van der Waals surface area contributed by atoms with Gasteiger partial charge in [-0.2, -0.15) is 0 Å². The maximum Gasteiger partial charge on any atom is 0.161 e. The molecule has 0 radical (unpaired) electrons. The van der Waals surface area contributed by atoms with Gasteiger partial charge in [0, 0.05) is 29.4 Å². The molecule has 0 amide bonds. The third kappa shape index (κ3) is 3.36. The van der Waals surface area contributed by atoms with Crippen LogP contribution in [0.1, 0.15) is 16.7 Å². The zero-order valence-corrected chi connectivity index (χ0v) is 16.1. The van der Waals surface area contributed by atoms with Gasteiger partial charge in [0.1, 0.15) is 29.6 Å². The molecule has 3 aromatic carbocycles. The number of hydrogen-bond donors (Lipinski definition) is 1. The fourth-order valence-corrected chi connectivity index (χ4v) is 3.71. The van der Waals surface area contributed by atoms with E-state index in [1.807, 2.05) is 42.5 Å². The van der Waals surface area contributed by atoms with Crippen LogP contribution in [0.25, 0.3) is 11.6 Å². The second-order valence-electron chi connectivity index (χ2n) is 7.17. The average Bonchev–Trinajstić information content (AvgIpc) is 2.77. The fourth-order valence-electron chi connectivity index (χ4n) is 3.71. The van der Waals surface area contributed by atoms with Gasteiger partial charge in [0.05, 0.1) is 7.11 Å². The standard InChI is InChI=1S/C24H21NO4/c1-27-22-8-4-20(5-9-22)25-13-18-10-17-11-19(16-2-6-21(26)7-3-16)14-28-23(17)12-24(18)29-15-25/h2-12,26H,13-15H2,1H3. The smallest absolute Gasteiger partial charge is 0.161 e. The summed E-state index contributed by atoms with van der Waals surface area (Å²) in [4.78, 5) is 2.18. The molecule has 1 N–H and O–H groups in total. The lowest BCUT2D eigenvalue weighted by atomic mass is 9.98. The van der Waals surface area contributed by atoms with E-state index in [0.717, 1.165) is 51.7 Å². The lowest BCUT2D eigenvalue weighted by Crippen LogP contribution is -2.32. The van der Waals surface area contributed by atoms with Crippen molar-refractivity contribution in [3.8, 4) is 23.0 Å². The van der Waals surface area contributed by atoms with E-state index in [1.165, 1.54) is 0 Å². The summed E-state index contributed by atoms with van der Waals surface area (Å²) < 4.78 is 17.2. The minimum absolute atomic E-state index is 0.260. The van der Waals surface area contributed by atoms with Gasteiger partial charge >= 0.3 is 0 Å². The van der Waals surface area contributed by atoms with Gasteiger partial charge in [-0.25, -0.2) is 0 Å². The highest BCUT2D eigenvalue weighted by Gasteiger charge is 2.22. The maximum absolute atomic E-state index is 9.52. The van der Waals surface area contributed by atoms with Crippen LogP contribution in [0.3, 0.4) is 0 Å². The Morgan fingerprint density at radius 3 is 2.48 bits per heavy atom. The van der Waals surface area contributed by atoms with Crippen LogP contribution in [0.2, 0.25) is 0 Å². The molecule has 2 heterocycles. The number of phenols is 1. The topological polar surface area (TPSA) is 51.2 Å². The summed E-state index contributed by atoms with van der Waals surface area (Å²) in [7, 11) is 1.67. The molecule has 2 aliphatic heterocycles. The first kappa shape index (κ1) is 17.5. The normalized spacial score (nSPS) is 14.8. The van der Waals surface area contributed by atoms with Gasteiger partial charge < -0.3 is 24.2 Å². The number of rotatable bonds is 3. The monoisotopic (exact) mass is 387 g/mol. The van der Waals surface area contributed by atoms with Crippen molar-refractivity contribution in [3.05, 3.63) is 77.4 Å². The van der Waals surface area contributed by atoms with Crippen LogP contribution in [-0.4, -0.2) is 25.6 Å². The second kappa shape index (κ2) is 7.09. The molecule has 0 aliphatic carbocycles. The number of aromatic hydroxyl groups is 1. The largest absolute Gasteiger partial charge is 0.508 e. The van der Waals surface area contributed by atoms with Gasteiger partial charge in [0.2, 0.25) is 0 Å². The van der Waals surface area contributed by atoms with E-state index in [0.29, 0.717) is 13.3 Å². The lowest BCUT2D eigenvalue weighted by Gasteiger charge is -2.32. The van der Waals surface area contributed by atoms with E-state index in [1.54, 1.807) is 19.2 Å². The summed E-state index contributed by atoms with van der Waals surface area (Å²) in [5.74, 6) is 2.81. The summed E-state index contributed by atoms with van der Waals surface area (Å²) in [6, 6.07) is 19.3. The Labute approximate surface area is 169 Å². The van der Waals surface area contributed by atoms with Gasteiger partial charge in [0.25, 0.3) is 0 Å². The van der Waals surface area contributed by atoms with E-state index in [4.69, 9.17) is 14.2 Å². The number of benzene rings is 3. The lowest BCUT2D eigenvalue weighted by molar-refractivity contribution is 0.285. The highest BCUT2D eigenvalue weighted by atomic mass is 16.5. The van der Waals surface area contributed by atoms with Gasteiger partial charge in [-0.1, -0.05) is 12.1 Å². The Morgan fingerprint density at radius 2 is 1.72 bits per heavy atom. The van der Waals surface area contributed by atoms with Crippen molar-refractivity contribution in [2.75, 3.05) is 25.3 Å². The minimum Gasteiger partial charge on any atom is -0.508 e. The molecule has 5 rings (SSSR count). The molecule has 0 saturated carbocycles. The van der Waals surface area contributed by atoms with E-state index < -0.39 is 0 Å². The quantitative estimate of drug-likeness (QED) is 0.707. The number of anilines is 1. The number of nitrogens with zero attached hydrogens (tertiary/aromatic N) is 1. The van der Waals surface area contributed by atoms with Crippen LogP contribution in [0.5, 0.6) is 23.0 Å². The van der Waals surface area contributed by atoms with Gasteiger partial charge in [-0.15, -0.1) is 0 Å². The second-order valence-corrected chi connectivity index (χ2v) is 7.17. The first-order chi connectivity index (χ1) is 14.2. The van der Waals surface area contributed by atoms with Gasteiger partial charge in [-0.05, 0) is 59.7 Å². The molecule has 5 heteroatoms. The van der Waals surface area contributed by atoms with Crippen molar-refractivity contribution in [1.29, 1.82) is 0 Å². The Balaban J connectivity index is 1.43. The Bertz CT molecular complexity index is 1070. The summed E-state index contributed by atoms with van der Waals surface area (Å²) in [5, 5.41) is 9.52. The van der Waals surface area contributed by atoms with Crippen LogP contribution < -0.4 is 19.1 Å². The van der Waals surface area contributed by atoms with Crippen LogP contribution in [0.4, 0.5) is 5.69 Å². The molecule has 29 heavy (non-hydrogen) atoms. The minimum atomic E-state index is 0.260. The summed E-state index contributed by atoms with van der Waals surface area (Å²) in [5.41, 5.74) is 5.38. The third-order valence-corrected chi connectivity index (χ3v) is 5.32. The molecular weight excluding hydrogens is 366 g/mol. The molecule has 2 aliphatic rings. The number of phenolic OH excluding ortho intramolecular Hbond substituents is 1. The summed E-state index contributed by atoms with van der Waals surface area (Å²) in [6.07, 6.45) is 2.15. The maximum atomic E-state index is 9.52.